The summed E-state index contributed by atoms with van der Waals surface area (Å²) in [7, 11) is 0. The Balaban J connectivity index is 2.01. The lowest BCUT2D eigenvalue weighted by Gasteiger charge is -2.04. The molecule has 84 valence electrons. The molecule has 0 atom stereocenters. The van der Waals surface area contributed by atoms with Crippen LogP contribution in [0.1, 0.15) is 5.56 Å². The Morgan fingerprint density at radius 3 is 2.71 bits per heavy atom. The van der Waals surface area contributed by atoms with Crippen molar-refractivity contribution in [2.24, 2.45) is 0 Å². The van der Waals surface area contributed by atoms with Crippen LogP contribution in [0.5, 0.6) is 0 Å². The van der Waals surface area contributed by atoms with Crippen molar-refractivity contribution in [3.05, 3.63) is 66.2 Å². The largest absolute Gasteiger partial charge is 0.326 e. The van der Waals surface area contributed by atoms with Crippen LogP contribution in [0, 0.1) is 5.82 Å². The van der Waals surface area contributed by atoms with Crippen molar-refractivity contribution in [3.8, 4) is 0 Å². The Morgan fingerprint density at radius 2 is 1.88 bits per heavy atom. The molecular formula is C14H11FN2. The first-order chi connectivity index (χ1) is 8.33. The van der Waals surface area contributed by atoms with Gasteiger partial charge in [0.1, 0.15) is 5.82 Å². The van der Waals surface area contributed by atoms with Gasteiger partial charge in [-0.2, -0.15) is 0 Å². The maximum atomic E-state index is 13.0. The monoisotopic (exact) mass is 226 g/mol. The molecule has 0 radical (unpaired) electrons. The summed E-state index contributed by atoms with van der Waals surface area (Å²) in [6.45, 7) is 0.753. The van der Waals surface area contributed by atoms with E-state index in [0.717, 1.165) is 12.1 Å². The van der Waals surface area contributed by atoms with Gasteiger partial charge in [-0.05, 0) is 17.7 Å². The summed E-state index contributed by atoms with van der Waals surface area (Å²) in [6.07, 6.45) is 1.75. The number of aromatic nitrogens is 2. The van der Waals surface area contributed by atoms with Gasteiger partial charge >= 0.3 is 0 Å². The van der Waals surface area contributed by atoms with Gasteiger partial charge < -0.3 is 4.57 Å². The van der Waals surface area contributed by atoms with E-state index in [1.807, 2.05) is 22.8 Å². The summed E-state index contributed by atoms with van der Waals surface area (Å²) >= 11 is 0. The molecule has 1 heterocycles. The molecular weight excluding hydrogens is 215 g/mol. The average Bonchev–Trinajstić information content (AvgIpc) is 2.73. The van der Waals surface area contributed by atoms with E-state index in [2.05, 4.69) is 17.1 Å². The van der Waals surface area contributed by atoms with E-state index in [1.165, 1.54) is 17.7 Å². The van der Waals surface area contributed by atoms with E-state index in [0.29, 0.717) is 5.52 Å². The molecule has 0 amide bonds. The minimum absolute atomic E-state index is 0.248. The zero-order chi connectivity index (χ0) is 11.7. The Hall–Kier alpha value is -2.16. The quantitative estimate of drug-likeness (QED) is 0.656. The van der Waals surface area contributed by atoms with Gasteiger partial charge in [-0.3, -0.25) is 0 Å². The minimum Gasteiger partial charge on any atom is -0.326 e. The number of halogens is 1. The number of hydrogen-bond acceptors (Lipinski definition) is 1. The molecule has 0 aliphatic rings. The fourth-order valence-electron chi connectivity index (χ4n) is 1.94. The topological polar surface area (TPSA) is 17.8 Å². The number of fused-ring (bicyclic) bond motifs is 1. The first-order valence-electron chi connectivity index (χ1n) is 5.47. The summed E-state index contributed by atoms with van der Waals surface area (Å²) in [6, 6.07) is 14.8. The zero-order valence-electron chi connectivity index (χ0n) is 9.18. The lowest BCUT2D eigenvalue weighted by atomic mass is 10.2. The number of rotatable bonds is 2. The molecule has 3 rings (SSSR count). The Kier molecular flexibility index (Phi) is 2.37. The molecule has 1 aromatic heterocycles. The highest BCUT2D eigenvalue weighted by Gasteiger charge is 2.03. The smallest absolute Gasteiger partial charge is 0.125 e. The number of benzene rings is 2. The molecule has 2 aromatic carbocycles. The lowest BCUT2D eigenvalue weighted by molar-refractivity contribution is 0.629. The third-order valence-corrected chi connectivity index (χ3v) is 2.78. The standard InChI is InChI=1S/C14H11FN2/c15-12-6-7-14-13(8-12)16-10-17(14)9-11-4-2-1-3-5-11/h1-8,10H,9H2. The highest BCUT2D eigenvalue weighted by atomic mass is 19.1. The van der Waals surface area contributed by atoms with E-state index >= 15 is 0 Å². The van der Waals surface area contributed by atoms with E-state index in [9.17, 15) is 4.39 Å². The molecule has 0 fully saturated rings. The molecule has 2 nitrogen and oxygen atoms in total. The van der Waals surface area contributed by atoms with Gasteiger partial charge in [0.05, 0.1) is 17.4 Å². The molecule has 0 saturated carbocycles. The predicted molar refractivity (Wildman–Crippen MR) is 65.2 cm³/mol. The van der Waals surface area contributed by atoms with Crippen LogP contribution in [-0.4, -0.2) is 9.55 Å². The summed E-state index contributed by atoms with van der Waals surface area (Å²) in [5.74, 6) is -0.248. The van der Waals surface area contributed by atoms with Crippen LogP contribution in [0.2, 0.25) is 0 Å². The molecule has 0 aliphatic heterocycles. The van der Waals surface area contributed by atoms with E-state index < -0.39 is 0 Å². The van der Waals surface area contributed by atoms with Crippen LogP contribution in [-0.2, 0) is 6.54 Å². The van der Waals surface area contributed by atoms with E-state index in [1.54, 1.807) is 12.4 Å². The molecule has 17 heavy (non-hydrogen) atoms. The summed E-state index contributed by atoms with van der Waals surface area (Å²) in [5.41, 5.74) is 2.85. The van der Waals surface area contributed by atoms with Gasteiger partial charge in [0.2, 0.25) is 0 Å². The Morgan fingerprint density at radius 1 is 1.06 bits per heavy atom. The molecule has 0 bridgehead atoms. The van der Waals surface area contributed by atoms with Crippen molar-refractivity contribution in [1.82, 2.24) is 9.55 Å². The zero-order valence-corrected chi connectivity index (χ0v) is 9.18. The first kappa shape index (κ1) is 10.0. The highest BCUT2D eigenvalue weighted by molar-refractivity contribution is 5.75. The van der Waals surface area contributed by atoms with Crippen LogP contribution < -0.4 is 0 Å². The first-order valence-corrected chi connectivity index (χ1v) is 5.47. The fourth-order valence-corrected chi connectivity index (χ4v) is 1.94. The van der Waals surface area contributed by atoms with Crippen LogP contribution in [0.25, 0.3) is 11.0 Å². The van der Waals surface area contributed by atoms with Crippen LogP contribution in [0.3, 0.4) is 0 Å². The van der Waals surface area contributed by atoms with Crippen molar-refractivity contribution in [1.29, 1.82) is 0 Å². The SMILES string of the molecule is Fc1ccc2c(c1)ncn2Cc1ccccc1. The van der Waals surface area contributed by atoms with Crippen LogP contribution in [0.4, 0.5) is 4.39 Å². The Labute approximate surface area is 98.3 Å². The third kappa shape index (κ3) is 1.91. The summed E-state index contributed by atoms with van der Waals surface area (Å²) in [4.78, 5) is 4.20. The second-order valence-electron chi connectivity index (χ2n) is 3.99. The second kappa shape index (κ2) is 4.01. The van der Waals surface area contributed by atoms with Gasteiger partial charge in [0.15, 0.2) is 0 Å². The fraction of sp³-hybridized carbons (Fsp3) is 0.0714. The van der Waals surface area contributed by atoms with Crippen molar-refractivity contribution in [3.63, 3.8) is 0 Å². The van der Waals surface area contributed by atoms with Crippen molar-refractivity contribution >= 4 is 11.0 Å². The van der Waals surface area contributed by atoms with Crippen molar-refractivity contribution in [2.75, 3.05) is 0 Å². The maximum Gasteiger partial charge on any atom is 0.125 e. The third-order valence-electron chi connectivity index (χ3n) is 2.78. The van der Waals surface area contributed by atoms with E-state index in [-0.39, 0.29) is 5.82 Å². The second-order valence-corrected chi connectivity index (χ2v) is 3.99. The molecule has 3 aromatic rings. The van der Waals surface area contributed by atoms with Crippen molar-refractivity contribution in [2.45, 2.75) is 6.54 Å². The van der Waals surface area contributed by atoms with E-state index in [4.69, 9.17) is 0 Å². The summed E-state index contributed by atoms with van der Waals surface area (Å²) in [5, 5.41) is 0. The van der Waals surface area contributed by atoms with Gasteiger partial charge in [-0.25, -0.2) is 9.37 Å². The molecule has 3 heteroatoms. The average molecular weight is 226 g/mol. The van der Waals surface area contributed by atoms with Gasteiger partial charge in [-0.15, -0.1) is 0 Å². The van der Waals surface area contributed by atoms with Crippen LogP contribution >= 0.6 is 0 Å². The van der Waals surface area contributed by atoms with Gasteiger partial charge in [0, 0.05) is 12.6 Å². The Bertz CT molecular complexity index is 644. The maximum absolute atomic E-state index is 13.0. The normalized spacial score (nSPS) is 10.9. The molecule has 0 saturated heterocycles. The molecule has 0 spiro atoms. The number of imidazole rings is 1. The lowest BCUT2D eigenvalue weighted by Crippen LogP contribution is -1.97. The highest BCUT2D eigenvalue weighted by Crippen LogP contribution is 2.15. The van der Waals surface area contributed by atoms with Gasteiger partial charge in [0.25, 0.3) is 0 Å². The predicted octanol–water partition coefficient (Wildman–Crippen LogP) is 3.22. The van der Waals surface area contributed by atoms with Gasteiger partial charge in [-0.1, -0.05) is 30.3 Å². The van der Waals surface area contributed by atoms with Crippen molar-refractivity contribution < 1.29 is 4.39 Å². The number of nitrogens with zero attached hydrogens (tertiary/aromatic N) is 2. The van der Waals surface area contributed by atoms with Crippen LogP contribution in [0.15, 0.2) is 54.9 Å². The minimum atomic E-state index is -0.248. The number of hydrogen-bond donors (Lipinski definition) is 0. The molecule has 0 unspecified atom stereocenters. The molecule has 0 N–H and O–H groups in total. The summed E-state index contributed by atoms with van der Waals surface area (Å²) < 4.78 is 15.0. The molecule has 0 aliphatic carbocycles.